The van der Waals surface area contributed by atoms with Gasteiger partial charge in [0.05, 0.1) is 13.7 Å². The summed E-state index contributed by atoms with van der Waals surface area (Å²) in [4.78, 5) is 20.6. The van der Waals surface area contributed by atoms with Gasteiger partial charge in [-0.1, -0.05) is 13.8 Å². The molecule has 0 saturated carbocycles. The van der Waals surface area contributed by atoms with Gasteiger partial charge in [0.25, 0.3) is 0 Å². The largest absolute Gasteiger partial charge is 0.469 e. The molecule has 0 aliphatic carbocycles. The highest BCUT2D eigenvalue weighted by Gasteiger charge is 2.12. The molecular weight excluding hydrogens is 380 g/mol. The summed E-state index contributed by atoms with van der Waals surface area (Å²) in [6.45, 7) is 13.6. The van der Waals surface area contributed by atoms with E-state index >= 15 is 0 Å². The summed E-state index contributed by atoms with van der Waals surface area (Å²) in [5.41, 5.74) is 0. The second kappa shape index (κ2) is 23.1. The minimum Gasteiger partial charge on any atom is -0.469 e. The Balaban J connectivity index is -0.000000144. The lowest BCUT2D eigenvalue weighted by atomic mass is 10.3. The minimum absolute atomic E-state index is 0.0880. The lowest BCUT2D eigenvalue weighted by molar-refractivity contribution is -0.179. The molecule has 0 aliphatic rings. The Bertz CT molecular complexity index is 332. The number of rotatable bonds is 9. The van der Waals surface area contributed by atoms with Gasteiger partial charge in [0.2, 0.25) is 0 Å². The first-order chi connectivity index (χ1) is 13.4. The second-order valence-electron chi connectivity index (χ2n) is 6.50. The topological polar surface area (TPSA) is 89.5 Å². The van der Waals surface area contributed by atoms with Crippen molar-refractivity contribution in [3.05, 3.63) is 0 Å². The third-order valence-corrected chi connectivity index (χ3v) is 3.41. The maximum atomic E-state index is 10.4. The van der Waals surface area contributed by atoms with Crippen LogP contribution in [0.4, 0.5) is 0 Å². The van der Waals surface area contributed by atoms with Crippen molar-refractivity contribution in [2.45, 2.75) is 85.7 Å². The average molecular weight is 427 g/mol. The fraction of sp³-hybridized carbons (Fsp3) is 0.905. The van der Waals surface area contributed by atoms with Gasteiger partial charge in [-0.25, -0.2) is 0 Å². The van der Waals surface area contributed by atoms with Crippen molar-refractivity contribution in [3.8, 4) is 0 Å². The van der Waals surface area contributed by atoms with Gasteiger partial charge in [-0.3, -0.25) is 9.59 Å². The summed E-state index contributed by atoms with van der Waals surface area (Å²) in [5.74, 6) is -1.04. The van der Waals surface area contributed by atoms with E-state index < -0.39 is 11.6 Å². The molecular formula is C21H46O8. The van der Waals surface area contributed by atoms with E-state index in [1.165, 1.54) is 7.11 Å². The number of ether oxygens (including phenoxy) is 6. The molecule has 0 aromatic heterocycles. The fourth-order valence-corrected chi connectivity index (χ4v) is 0.910. The zero-order chi connectivity index (χ0) is 23.9. The average Bonchev–Trinajstić information content (AvgIpc) is 2.70. The lowest BCUT2D eigenvalue weighted by Crippen LogP contribution is -2.24. The monoisotopic (exact) mass is 426 g/mol. The molecule has 0 fully saturated rings. The highest BCUT2D eigenvalue weighted by atomic mass is 16.7. The first-order valence-corrected chi connectivity index (χ1v) is 9.79. The van der Waals surface area contributed by atoms with Gasteiger partial charge in [0, 0.05) is 41.3 Å². The zero-order valence-corrected chi connectivity index (χ0v) is 20.8. The van der Waals surface area contributed by atoms with Crippen LogP contribution in [0.3, 0.4) is 0 Å². The number of hydrogen-bond acceptors (Lipinski definition) is 8. The summed E-state index contributed by atoms with van der Waals surface area (Å²) in [5, 5.41) is 0. The minimum atomic E-state index is -0.417. The van der Waals surface area contributed by atoms with Gasteiger partial charge in [-0.15, -0.1) is 0 Å². The molecule has 0 heterocycles. The van der Waals surface area contributed by atoms with E-state index in [2.05, 4.69) is 9.47 Å². The Morgan fingerprint density at radius 2 is 0.931 bits per heavy atom. The van der Waals surface area contributed by atoms with E-state index in [-0.39, 0.29) is 11.9 Å². The van der Waals surface area contributed by atoms with Crippen LogP contribution in [0.15, 0.2) is 0 Å². The van der Waals surface area contributed by atoms with Crippen molar-refractivity contribution in [1.29, 1.82) is 0 Å². The number of hydrogen-bond donors (Lipinski definition) is 0. The molecule has 0 spiro atoms. The van der Waals surface area contributed by atoms with Gasteiger partial charge in [-0.2, -0.15) is 0 Å². The van der Waals surface area contributed by atoms with Crippen LogP contribution in [0.5, 0.6) is 0 Å². The van der Waals surface area contributed by atoms with Crippen LogP contribution in [0.1, 0.15) is 74.1 Å². The van der Waals surface area contributed by atoms with Gasteiger partial charge in [-0.05, 0) is 47.5 Å². The normalized spacial score (nSPS) is 10.2. The SMILES string of the molecule is CCCC(=O)OC.CCCC(=O)OCC.COC(C)(C)OC.COC(C)(C)OC. The first kappa shape index (κ1) is 35.2. The predicted octanol–water partition coefficient (Wildman–Crippen LogP) is 4.34. The first-order valence-electron chi connectivity index (χ1n) is 9.79. The molecule has 0 saturated heterocycles. The molecule has 0 atom stereocenters. The molecule has 8 heteroatoms. The van der Waals surface area contributed by atoms with Gasteiger partial charge in [0.1, 0.15) is 0 Å². The summed E-state index contributed by atoms with van der Waals surface area (Å²) >= 11 is 0. The highest BCUT2D eigenvalue weighted by Crippen LogP contribution is 2.05. The molecule has 0 aromatic carbocycles. The number of carbonyl (C=O) groups is 2. The van der Waals surface area contributed by atoms with Crippen LogP contribution < -0.4 is 0 Å². The van der Waals surface area contributed by atoms with Crippen molar-refractivity contribution in [2.75, 3.05) is 42.2 Å². The summed E-state index contributed by atoms with van der Waals surface area (Å²) in [6, 6.07) is 0. The fourth-order valence-electron chi connectivity index (χ4n) is 0.910. The van der Waals surface area contributed by atoms with Crippen molar-refractivity contribution in [3.63, 3.8) is 0 Å². The van der Waals surface area contributed by atoms with Crippen molar-refractivity contribution in [1.82, 2.24) is 0 Å². The van der Waals surface area contributed by atoms with Crippen LogP contribution >= 0.6 is 0 Å². The summed E-state index contributed by atoms with van der Waals surface area (Å²) in [6.07, 6.45) is 2.83. The van der Waals surface area contributed by atoms with E-state index in [0.717, 1.165) is 12.8 Å². The zero-order valence-electron chi connectivity index (χ0n) is 20.8. The summed E-state index contributed by atoms with van der Waals surface area (Å²) in [7, 11) is 7.86. The van der Waals surface area contributed by atoms with Crippen LogP contribution in [-0.2, 0) is 38.0 Å². The standard InChI is InChI=1S/C6H12O2.2C5H12O2.C5H10O2/c1-3-5-6(7)8-4-2;2*1-5(2,6-3)7-4;1-3-4-5(6)7-2/h3-5H2,1-2H3;2*1-4H3;3-4H2,1-2H3. The Kier molecular flexibility index (Phi) is 28.0. The third-order valence-electron chi connectivity index (χ3n) is 3.41. The Labute approximate surface area is 178 Å². The van der Waals surface area contributed by atoms with E-state index in [1.54, 1.807) is 28.4 Å². The molecule has 178 valence electrons. The Morgan fingerprint density at radius 3 is 1.07 bits per heavy atom. The van der Waals surface area contributed by atoms with Gasteiger partial charge < -0.3 is 28.4 Å². The lowest BCUT2D eigenvalue weighted by Gasteiger charge is -2.19. The van der Waals surface area contributed by atoms with Crippen LogP contribution in [-0.4, -0.2) is 65.7 Å². The van der Waals surface area contributed by atoms with E-state index in [1.807, 2.05) is 48.5 Å². The number of esters is 2. The van der Waals surface area contributed by atoms with E-state index in [0.29, 0.717) is 19.4 Å². The molecule has 0 unspecified atom stereocenters. The quantitative estimate of drug-likeness (QED) is 0.397. The highest BCUT2D eigenvalue weighted by molar-refractivity contribution is 5.69. The van der Waals surface area contributed by atoms with Gasteiger partial charge in [0.15, 0.2) is 11.6 Å². The molecule has 0 bridgehead atoms. The molecule has 0 amide bonds. The predicted molar refractivity (Wildman–Crippen MR) is 115 cm³/mol. The Morgan fingerprint density at radius 1 is 0.621 bits per heavy atom. The molecule has 0 N–H and O–H groups in total. The van der Waals surface area contributed by atoms with Gasteiger partial charge >= 0.3 is 11.9 Å². The van der Waals surface area contributed by atoms with Crippen molar-refractivity contribution in [2.24, 2.45) is 0 Å². The molecule has 29 heavy (non-hydrogen) atoms. The smallest absolute Gasteiger partial charge is 0.305 e. The summed E-state index contributed by atoms with van der Waals surface area (Å²) < 4.78 is 28.5. The number of methoxy groups -OCH3 is 5. The van der Waals surface area contributed by atoms with E-state index in [4.69, 9.17) is 18.9 Å². The van der Waals surface area contributed by atoms with Crippen molar-refractivity contribution < 1.29 is 38.0 Å². The number of carbonyl (C=O) groups excluding carboxylic acids is 2. The molecule has 0 aromatic rings. The van der Waals surface area contributed by atoms with Crippen molar-refractivity contribution >= 4 is 11.9 Å². The maximum absolute atomic E-state index is 10.4. The van der Waals surface area contributed by atoms with Crippen LogP contribution in [0, 0.1) is 0 Å². The molecule has 0 aliphatic heterocycles. The van der Waals surface area contributed by atoms with Crippen LogP contribution in [0.25, 0.3) is 0 Å². The molecule has 0 rings (SSSR count). The van der Waals surface area contributed by atoms with Crippen LogP contribution in [0.2, 0.25) is 0 Å². The molecule has 8 nitrogen and oxygen atoms in total. The third kappa shape index (κ3) is 34.7. The molecule has 0 radical (unpaired) electrons. The second-order valence-corrected chi connectivity index (χ2v) is 6.50. The maximum Gasteiger partial charge on any atom is 0.305 e. The van der Waals surface area contributed by atoms with E-state index in [9.17, 15) is 9.59 Å². The Hall–Kier alpha value is -1.22.